The normalized spacial score (nSPS) is 17.4. The van der Waals surface area contributed by atoms with Gasteiger partial charge >= 0.3 is 22.1 Å². The topological polar surface area (TPSA) is 96.0 Å². The molecule has 0 aliphatic carbocycles. The number of hydrogen-bond donors (Lipinski definition) is 0. The molecule has 1 aromatic carbocycles. The summed E-state index contributed by atoms with van der Waals surface area (Å²) in [6.45, 7) is 1.74. The lowest BCUT2D eigenvalue weighted by molar-refractivity contribution is -0.157. The monoisotopic (exact) mass is 348 g/mol. The molecule has 1 unspecified atom stereocenters. The van der Waals surface area contributed by atoms with Crippen LogP contribution >= 0.6 is 11.6 Å². The van der Waals surface area contributed by atoms with Gasteiger partial charge in [0, 0.05) is 12.0 Å². The highest BCUT2D eigenvalue weighted by Crippen LogP contribution is 2.39. The van der Waals surface area contributed by atoms with E-state index in [0.717, 1.165) is 6.26 Å². The first-order chi connectivity index (χ1) is 10.2. The van der Waals surface area contributed by atoms with Crippen LogP contribution in [0.1, 0.15) is 12.5 Å². The highest BCUT2D eigenvalue weighted by molar-refractivity contribution is 7.86. The molecule has 0 amide bonds. The second-order valence-corrected chi connectivity index (χ2v) is 6.52. The highest BCUT2D eigenvalue weighted by atomic mass is 35.5. The smallest absolute Gasteiger partial charge is 0.326 e. The maximum atomic E-state index is 11.8. The maximum absolute atomic E-state index is 11.8. The molecular formula is C13H13ClO7S. The van der Waals surface area contributed by atoms with Crippen molar-refractivity contribution >= 4 is 33.7 Å². The Hall–Kier alpha value is -1.80. The van der Waals surface area contributed by atoms with E-state index in [4.69, 9.17) is 25.3 Å². The number of esters is 2. The van der Waals surface area contributed by atoms with Crippen molar-refractivity contribution in [2.45, 2.75) is 13.3 Å². The molecule has 2 rings (SSSR count). The molecule has 1 heterocycles. The van der Waals surface area contributed by atoms with E-state index in [2.05, 4.69) is 0 Å². The lowest BCUT2D eigenvalue weighted by atomic mass is 9.96. The molecule has 0 saturated heterocycles. The molecule has 1 aliphatic heterocycles. The first kappa shape index (κ1) is 16.6. The van der Waals surface area contributed by atoms with Crippen LogP contribution in [0.3, 0.4) is 0 Å². The largest absolute Gasteiger partial charge is 0.465 e. The minimum atomic E-state index is -3.76. The zero-order valence-corrected chi connectivity index (χ0v) is 13.4. The van der Waals surface area contributed by atoms with Crippen molar-refractivity contribution in [3.05, 3.63) is 22.7 Å². The van der Waals surface area contributed by atoms with Crippen LogP contribution in [0.4, 0.5) is 0 Å². The van der Waals surface area contributed by atoms with E-state index < -0.39 is 28.0 Å². The number of halogens is 1. The summed E-state index contributed by atoms with van der Waals surface area (Å²) in [4.78, 5) is 23.6. The summed E-state index contributed by atoms with van der Waals surface area (Å²) < 4.78 is 37.0. The summed E-state index contributed by atoms with van der Waals surface area (Å²) in [6, 6.07) is 2.64. The van der Waals surface area contributed by atoms with Gasteiger partial charge in [-0.3, -0.25) is 9.59 Å². The quantitative estimate of drug-likeness (QED) is 0.350. The van der Waals surface area contributed by atoms with Crippen molar-refractivity contribution in [1.82, 2.24) is 0 Å². The molecular weight excluding hydrogens is 336 g/mol. The fourth-order valence-electron chi connectivity index (χ4n) is 1.98. The molecule has 22 heavy (non-hydrogen) atoms. The Balaban J connectivity index is 2.37. The van der Waals surface area contributed by atoms with Crippen LogP contribution in [0.5, 0.6) is 11.5 Å². The number of rotatable bonds is 4. The summed E-state index contributed by atoms with van der Waals surface area (Å²) in [5.41, 5.74) is 0.320. The fourth-order valence-corrected chi connectivity index (χ4v) is 2.77. The predicted molar refractivity (Wildman–Crippen MR) is 76.4 cm³/mol. The molecule has 0 N–H and O–H groups in total. The van der Waals surface area contributed by atoms with E-state index in [1.165, 1.54) is 12.1 Å². The van der Waals surface area contributed by atoms with Crippen molar-refractivity contribution < 1.29 is 31.7 Å². The lowest BCUT2D eigenvalue weighted by Crippen LogP contribution is -2.35. The van der Waals surface area contributed by atoms with Gasteiger partial charge in [0.25, 0.3) is 0 Å². The average Bonchev–Trinajstić information content (AvgIpc) is 2.40. The Bertz CT molecular complexity index is 726. The van der Waals surface area contributed by atoms with Gasteiger partial charge in [0.2, 0.25) is 0 Å². The zero-order chi connectivity index (χ0) is 16.5. The van der Waals surface area contributed by atoms with Crippen molar-refractivity contribution in [3.8, 4) is 11.5 Å². The number of hydrogen-bond acceptors (Lipinski definition) is 7. The Morgan fingerprint density at radius 1 is 1.45 bits per heavy atom. The molecule has 0 radical (unpaired) electrons. The first-order valence-corrected chi connectivity index (χ1v) is 8.51. The number of fused-ring (bicyclic) bond motifs is 1. The summed E-state index contributed by atoms with van der Waals surface area (Å²) >= 11 is 6.09. The first-order valence-electron chi connectivity index (χ1n) is 6.32. The Morgan fingerprint density at radius 3 is 2.73 bits per heavy atom. The molecule has 7 nitrogen and oxygen atoms in total. The van der Waals surface area contributed by atoms with Crippen LogP contribution in [0, 0.1) is 5.92 Å². The van der Waals surface area contributed by atoms with E-state index in [9.17, 15) is 18.0 Å². The lowest BCUT2D eigenvalue weighted by Gasteiger charge is -2.23. The van der Waals surface area contributed by atoms with Crippen molar-refractivity contribution in [3.63, 3.8) is 0 Å². The number of carbonyl (C=O) groups is 2. The van der Waals surface area contributed by atoms with Gasteiger partial charge < -0.3 is 13.7 Å². The van der Waals surface area contributed by atoms with Gasteiger partial charge in [-0.05, 0) is 19.1 Å². The Morgan fingerprint density at radius 2 is 2.14 bits per heavy atom. The Kier molecular flexibility index (Phi) is 4.62. The van der Waals surface area contributed by atoms with Crippen molar-refractivity contribution in [2.24, 2.45) is 5.92 Å². The summed E-state index contributed by atoms with van der Waals surface area (Å²) in [5, 5.41) is -0.0234. The van der Waals surface area contributed by atoms with Gasteiger partial charge in [-0.2, -0.15) is 8.42 Å². The van der Waals surface area contributed by atoms with Gasteiger partial charge in [0.05, 0.1) is 17.9 Å². The maximum Gasteiger partial charge on any atom is 0.326 e. The van der Waals surface area contributed by atoms with Crippen LogP contribution in [0.15, 0.2) is 12.1 Å². The minimum absolute atomic E-state index is 0.0234. The fraction of sp³-hybridized carbons (Fsp3) is 0.385. The van der Waals surface area contributed by atoms with Gasteiger partial charge in [-0.1, -0.05) is 11.6 Å². The molecule has 0 bridgehead atoms. The minimum Gasteiger partial charge on any atom is -0.465 e. The molecule has 1 aliphatic rings. The van der Waals surface area contributed by atoms with E-state index in [0.29, 0.717) is 5.56 Å². The van der Waals surface area contributed by atoms with Crippen LogP contribution in [-0.4, -0.2) is 33.2 Å². The average molecular weight is 349 g/mol. The molecule has 1 atom stereocenters. The number of benzene rings is 1. The van der Waals surface area contributed by atoms with Gasteiger partial charge in [-0.25, -0.2) is 0 Å². The third-order valence-electron chi connectivity index (χ3n) is 2.88. The van der Waals surface area contributed by atoms with Gasteiger partial charge in [0.15, 0.2) is 11.7 Å². The molecule has 120 valence electrons. The van der Waals surface area contributed by atoms with E-state index in [1.807, 2.05) is 0 Å². The highest BCUT2D eigenvalue weighted by Gasteiger charge is 2.37. The van der Waals surface area contributed by atoms with Gasteiger partial charge in [-0.15, -0.1) is 0 Å². The molecule has 0 spiro atoms. The predicted octanol–water partition coefficient (Wildman–Crippen LogP) is 1.32. The summed E-state index contributed by atoms with van der Waals surface area (Å²) in [5.74, 6) is -2.53. The summed E-state index contributed by atoms with van der Waals surface area (Å²) in [7, 11) is -3.76. The van der Waals surface area contributed by atoms with Crippen molar-refractivity contribution in [1.29, 1.82) is 0 Å². The standard InChI is InChI=1S/C13H13ClO7S/c1-3-19-12(15)8-6-7-9(20-13(8)16)4-5-10(11(7)14)21-22(2,17)18/h4-5,8H,3,6H2,1-2H3. The van der Waals surface area contributed by atoms with Crippen LogP contribution in [0.2, 0.25) is 5.02 Å². The van der Waals surface area contributed by atoms with Gasteiger partial charge in [0.1, 0.15) is 5.75 Å². The zero-order valence-electron chi connectivity index (χ0n) is 11.8. The third kappa shape index (κ3) is 3.50. The third-order valence-corrected chi connectivity index (χ3v) is 3.78. The van der Waals surface area contributed by atoms with Crippen LogP contribution in [-0.2, 0) is 30.9 Å². The second-order valence-electron chi connectivity index (χ2n) is 4.57. The summed E-state index contributed by atoms with van der Waals surface area (Å²) in [6.07, 6.45) is 0.830. The number of ether oxygens (including phenoxy) is 2. The molecule has 0 saturated carbocycles. The molecule has 0 fully saturated rings. The Labute approximate surface area is 132 Å². The van der Waals surface area contributed by atoms with E-state index in [1.54, 1.807) is 6.92 Å². The van der Waals surface area contributed by atoms with Crippen LogP contribution in [0.25, 0.3) is 0 Å². The molecule has 1 aromatic rings. The molecule has 9 heteroatoms. The van der Waals surface area contributed by atoms with E-state index in [-0.39, 0.29) is 29.5 Å². The SMILES string of the molecule is CCOC(=O)C1Cc2c(ccc(OS(C)(=O)=O)c2Cl)OC1=O. The van der Waals surface area contributed by atoms with Crippen LogP contribution < -0.4 is 8.92 Å². The second kappa shape index (κ2) is 6.13. The molecule has 0 aromatic heterocycles. The van der Waals surface area contributed by atoms with Crippen molar-refractivity contribution in [2.75, 3.05) is 12.9 Å². The number of carbonyl (C=O) groups excluding carboxylic acids is 2. The van der Waals surface area contributed by atoms with E-state index >= 15 is 0 Å².